The molecule has 77 heavy (non-hydrogen) atoms. The molecule has 6 nitrogen and oxygen atoms in total. The van der Waals surface area contributed by atoms with Crippen LogP contribution in [0.1, 0.15) is 265 Å². The van der Waals surface area contributed by atoms with E-state index in [1.807, 2.05) is 0 Å². The van der Waals surface area contributed by atoms with Gasteiger partial charge in [-0.1, -0.05) is 263 Å². The number of rotatable bonds is 55. The summed E-state index contributed by atoms with van der Waals surface area (Å²) in [4.78, 5) is 38.2. The smallest absolute Gasteiger partial charge is 0.306 e. The van der Waals surface area contributed by atoms with Crippen LogP contribution in [0.15, 0.2) is 146 Å². The summed E-state index contributed by atoms with van der Waals surface area (Å²) in [5.41, 5.74) is 0. The minimum Gasteiger partial charge on any atom is -0.462 e. The predicted octanol–water partition coefficient (Wildman–Crippen LogP) is 21.5. The maximum atomic E-state index is 12.8. The number of carbonyl (C=O) groups is 3. The SMILES string of the molecule is CC/C=C\C/C=C\C/C=C\C/C=C\C/C=C\C/C=C\CCCCCCCCCCCCCCC(=O)OCC(COC(=O)CCCCCCC/C=C\CCCC)OC(=O)CCC/C=C\C/C=C\C/C=C\C/C=C\C/C=C\CC. The van der Waals surface area contributed by atoms with Gasteiger partial charge in [-0.05, 0) is 128 Å². The van der Waals surface area contributed by atoms with Gasteiger partial charge in [0.05, 0.1) is 0 Å². The summed E-state index contributed by atoms with van der Waals surface area (Å²) in [6, 6.07) is 0. The van der Waals surface area contributed by atoms with Crippen molar-refractivity contribution >= 4 is 17.9 Å². The van der Waals surface area contributed by atoms with E-state index in [0.29, 0.717) is 19.3 Å². The summed E-state index contributed by atoms with van der Waals surface area (Å²) in [6.45, 7) is 6.31. The standard InChI is InChI=1S/C71H114O6/c1-4-7-10-13-16-19-22-24-26-28-29-30-31-32-33-34-35-36-37-38-39-40-41-43-44-46-49-52-55-58-61-64-70(73)76-67-68(66-75-69(72)63-60-57-54-51-48-21-18-15-12-9-6-3)77-71(74)65-62-59-56-53-50-47-45-42-27-25-23-20-17-14-11-8-5-2/h7-8,10-11,15-20,24-27,29-30,32-33,35-36,45,47,53,56,68H,4-6,9,12-14,21-23,28,31,34,37-44,46,48-52,54-55,57-67H2,1-3H3/b10-7-,11-8-,18-15-,19-16-,20-17-,26-24-,27-25-,30-29-,33-32-,36-35-,47-45-,56-53-. The topological polar surface area (TPSA) is 78.9 Å². The molecule has 0 saturated carbocycles. The fourth-order valence-corrected chi connectivity index (χ4v) is 8.17. The molecule has 1 unspecified atom stereocenters. The highest BCUT2D eigenvalue weighted by Gasteiger charge is 2.19. The Kier molecular flexibility index (Phi) is 59.9. The Morgan fingerprint density at radius 2 is 0.519 bits per heavy atom. The summed E-state index contributed by atoms with van der Waals surface area (Å²) in [5.74, 6) is -0.982. The van der Waals surface area contributed by atoms with E-state index in [2.05, 4.69) is 167 Å². The number of allylic oxidation sites excluding steroid dienone is 24. The lowest BCUT2D eigenvalue weighted by Gasteiger charge is -2.18. The Morgan fingerprint density at radius 1 is 0.273 bits per heavy atom. The zero-order chi connectivity index (χ0) is 55.7. The van der Waals surface area contributed by atoms with Gasteiger partial charge in [0.1, 0.15) is 13.2 Å². The van der Waals surface area contributed by atoms with Crippen molar-refractivity contribution in [3.8, 4) is 0 Å². The van der Waals surface area contributed by atoms with Crippen molar-refractivity contribution < 1.29 is 28.6 Å². The van der Waals surface area contributed by atoms with E-state index < -0.39 is 6.10 Å². The molecule has 0 aromatic rings. The first-order valence-electron chi connectivity index (χ1n) is 31.3. The van der Waals surface area contributed by atoms with E-state index in [0.717, 1.165) is 128 Å². The van der Waals surface area contributed by atoms with Crippen LogP contribution in [0.3, 0.4) is 0 Å². The molecule has 0 bridgehead atoms. The summed E-state index contributed by atoms with van der Waals surface area (Å²) in [7, 11) is 0. The van der Waals surface area contributed by atoms with E-state index in [-0.39, 0.29) is 37.5 Å². The van der Waals surface area contributed by atoms with E-state index in [1.165, 1.54) is 89.9 Å². The average molecular weight is 1060 g/mol. The van der Waals surface area contributed by atoms with Gasteiger partial charge >= 0.3 is 17.9 Å². The van der Waals surface area contributed by atoms with Crippen LogP contribution in [0.5, 0.6) is 0 Å². The Labute approximate surface area is 474 Å². The molecule has 6 heteroatoms. The van der Waals surface area contributed by atoms with E-state index >= 15 is 0 Å². The molecule has 0 aliphatic heterocycles. The van der Waals surface area contributed by atoms with Crippen molar-refractivity contribution in [1.82, 2.24) is 0 Å². The van der Waals surface area contributed by atoms with Crippen LogP contribution in [0.25, 0.3) is 0 Å². The fourth-order valence-electron chi connectivity index (χ4n) is 8.17. The lowest BCUT2D eigenvalue weighted by molar-refractivity contribution is -0.167. The van der Waals surface area contributed by atoms with Crippen LogP contribution in [0.2, 0.25) is 0 Å². The predicted molar refractivity (Wildman–Crippen MR) is 334 cm³/mol. The van der Waals surface area contributed by atoms with Crippen LogP contribution in [0, 0.1) is 0 Å². The zero-order valence-corrected chi connectivity index (χ0v) is 49.7. The number of ether oxygens (including phenoxy) is 3. The van der Waals surface area contributed by atoms with Crippen molar-refractivity contribution in [2.75, 3.05) is 13.2 Å². The molecule has 0 fully saturated rings. The molecular formula is C71H114O6. The third-order valence-electron chi connectivity index (χ3n) is 12.8. The first-order valence-corrected chi connectivity index (χ1v) is 31.3. The van der Waals surface area contributed by atoms with Gasteiger partial charge in [-0.3, -0.25) is 14.4 Å². The second-order valence-electron chi connectivity index (χ2n) is 20.2. The number of carbonyl (C=O) groups excluding carboxylic acids is 3. The molecular weight excluding hydrogens is 949 g/mol. The molecule has 0 spiro atoms. The van der Waals surface area contributed by atoms with Crippen molar-refractivity contribution in [3.05, 3.63) is 146 Å². The summed E-state index contributed by atoms with van der Waals surface area (Å²) in [6.07, 6.45) is 91.5. The van der Waals surface area contributed by atoms with Gasteiger partial charge in [-0.2, -0.15) is 0 Å². The molecule has 0 aromatic carbocycles. The summed E-state index contributed by atoms with van der Waals surface area (Å²) < 4.78 is 16.8. The monoisotopic (exact) mass is 1060 g/mol. The molecule has 1 atom stereocenters. The second-order valence-corrected chi connectivity index (χ2v) is 20.2. The number of unbranched alkanes of at least 4 members (excludes halogenated alkanes) is 20. The molecule has 0 amide bonds. The second kappa shape index (κ2) is 63.8. The molecule has 0 heterocycles. The highest BCUT2D eigenvalue weighted by Crippen LogP contribution is 2.15. The lowest BCUT2D eigenvalue weighted by atomic mass is 10.0. The molecule has 434 valence electrons. The third kappa shape index (κ3) is 62.0. The van der Waals surface area contributed by atoms with E-state index in [1.54, 1.807) is 0 Å². The van der Waals surface area contributed by atoms with E-state index in [9.17, 15) is 14.4 Å². The molecule has 0 saturated heterocycles. The Morgan fingerprint density at radius 3 is 0.844 bits per heavy atom. The highest BCUT2D eigenvalue weighted by molar-refractivity contribution is 5.71. The zero-order valence-electron chi connectivity index (χ0n) is 49.7. The first kappa shape index (κ1) is 72.3. The van der Waals surface area contributed by atoms with Crippen molar-refractivity contribution in [3.63, 3.8) is 0 Å². The van der Waals surface area contributed by atoms with Gasteiger partial charge in [0.15, 0.2) is 6.10 Å². The highest BCUT2D eigenvalue weighted by atomic mass is 16.6. The van der Waals surface area contributed by atoms with Gasteiger partial charge in [-0.15, -0.1) is 0 Å². The van der Waals surface area contributed by atoms with Crippen LogP contribution < -0.4 is 0 Å². The van der Waals surface area contributed by atoms with E-state index in [4.69, 9.17) is 14.2 Å². The lowest BCUT2D eigenvalue weighted by Crippen LogP contribution is -2.30. The third-order valence-corrected chi connectivity index (χ3v) is 12.8. The maximum absolute atomic E-state index is 12.8. The van der Waals surface area contributed by atoms with Crippen molar-refractivity contribution in [2.45, 2.75) is 271 Å². The number of esters is 3. The van der Waals surface area contributed by atoms with Gasteiger partial charge in [-0.25, -0.2) is 0 Å². The van der Waals surface area contributed by atoms with Crippen LogP contribution in [-0.2, 0) is 28.6 Å². The maximum Gasteiger partial charge on any atom is 0.306 e. The van der Waals surface area contributed by atoms with Gasteiger partial charge < -0.3 is 14.2 Å². The number of hydrogen-bond acceptors (Lipinski definition) is 6. The molecule has 0 aromatic heterocycles. The van der Waals surface area contributed by atoms with Gasteiger partial charge in [0, 0.05) is 19.3 Å². The Balaban J connectivity index is 4.29. The molecule has 0 radical (unpaired) electrons. The minimum atomic E-state index is -0.817. The van der Waals surface area contributed by atoms with Crippen molar-refractivity contribution in [1.29, 1.82) is 0 Å². The van der Waals surface area contributed by atoms with Crippen LogP contribution in [0.4, 0.5) is 0 Å². The van der Waals surface area contributed by atoms with Gasteiger partial charge in [0.25, 0.3) is 0 Å². The molecule has 0 N–H and O–H groups in total. The number of hydrogen-bond donors (Lipinski definition) is 0. The Hall–Kier alpha value is -4.71. The Bertz CT molecular complexity index is 1700. The largest absolute Gasteiger partial charge is 0.462 e. The quantitative estimate of drug-likeness (QED) is 0.0261. The first-order chi connectivity index (χ1) is 38.0. The van der Waals surface area contributed by atoms with Crippen molar-refractivity contribution in [2.24, 2.45) is 0 Å². The van der Waals surface area contributed by atoms with Crippen LogP contribution in [-0.4, -0.2) is 37.2 Å². The molecule has 0 aliphatic rings. The summed E-state index contributed by atoms with van der Waals surface area (Å²) in [5, 5.41) is 0. The fraction of sp³-hybridized carbons (Fsp3) is 0.620. The minimum absolute atomic E-state index is 0.108. The average Bonchev–Trinajstić information content (AvgIpc) is 3.43. The van der Waals surface area contributed by atoms with Crippen LogP contribution >= 0.6 is 0 Å². The normalized spacial score (nSPS) is 13.1. The molecule has 0 aliphatic carbocycles. The summed E-state index contributed by atoms with van der Waals surface area (Å²) >= 11 is 0. The molecule has 0 rings (SSSR count). The van der Waals surface area contributed by atoms with Gasteiger partial charge in [0.2, 0.25) is 0 Å².